The lowest BCUT2D eigenvalue weighted by atomic mass is 10.2. The van der Waals surface area contributed by atoms with Crippen LogP contribution in [-0.4, -0.2) is 66.0 Å². The van der Waals surface area contributed by atoms with E-state index in [2.05, 4.69) is 5.32 Å². The molecule has 0 radical (unpaired) electrons. The summed E-state index contributed by atoms with van der Waals surface area (Å²) in [4.78, 5) is 39.3. The molecule has 0 aliphatic carbocycles. The van der Waals surface area contributed by atoms with Crippen molar-refractivity contribution in [3.8, 4) is 0 Å². The van der Waals surface area contributed by atoms with E-state index in [1.54, 1.807) is 30.6 Å². The van der Waals surface area contributed by atoms with Crippen LogP contribution in [0.2, 0.25) is 0 Å². The predicted octanol–water partition coefficient (Wildman–Crippen LogP) is 1.63. The molecule has 0 bridgehead atoms. The van der Waals surface area contributed by atoms with Gasteiger partial charge in [-0.15, -0.1) is 0 Å². The molecule has 0 unspecified atom stereocenters. The van der Waals surface area contributed by atoms with Gasteiger partial charge in [-0.2, -0.15) is 0 Å². The monoisotopic (exact) mass is 365 g/mol. The normalized spacial score (nSPS) is 14.8. The van der Waals surface area contributed by atoms with Gasteiger partial charge >= 0.3 is 6.09 Å². The molecule has 7 nitrogen and oxygen atoms in total. The molecule has 1 aliphatic heterocycles. The standard InChI is InChI=1S/C18H24FN3O4/c1-18(2,3)26-17(25)20-12-15(23)21-8-10-22(11-9-21)16(24)13-4-6-14(19)7-5-13/h4-7H,8-12H2,1-3H3,(H,20,25). The van der Waals surface area contributed by atoms with Gasteiger partial charge in [-0.1, -0.05) is 0 Å². The molecule has 2 rings (SSSR count). The van der Waals surface area contributed by atoms with Crippen molar-refractivity contribution in [2.75, 3.05) is 32.7 Å². The van der Waals surface area contributed by atoms with Gasteiger partial charge in [0.2, 0.25) is 5.91 Å². The summed E-state index contributed by atoms with van der Waals surface area (Å²) in [6.07, 6.45) is -0.643. The van der Waals surface area contributed by atoms with E-state index >= 15 is 0 Å². The average molecular weight is 365 g/mol. The van der Waals surface area contributed by atoms with Crippen molar-refractivity contribution < 1.29 is 23.5 Å². The lowest BCUT2D eigenvalue weighted by Crippen LogP contribution is -2.52. The molecular weight excluding hydrogens is 341 g/mol. The first kappa shape index (κ1) is 19.7. The number of hydrogen-bond acceptors (Lipinski definition) is 4. The zero-order valence-electron chi connectivity index (χ0n) is 15.3. The molecule has 3 amide bonds. The number of benzene rings is 1. The Kier molecular flexibility index (Phi) is 6.18. The highest BCUT2D eigenvalue weighted by atomic mass is 19.1. The Hall–Kier alpha value is -2.64. The van der Waals surface area contributed by atoms with E-state index in [4.69, 9.17) is 4.74 Å². The third-order valence-electron chi connectivity index (χ3n) is 3.79. The van der Waals surface area contributed by atoms with E-state index < -0.39 is 17.5 Å². The Morgan fingerprint density at radius 3 is 2.12 bits per heavy atom. The molecule has 0 aromatic heterocycles. The van der Waals surface area contributed by atoms with Gasteiger partial charge in [0.25, 0.3) is 5.91 Å². The zero-order valence-corrected chi connectivity index (χ0v) is 15.3. The smallest absolute Gasteiger partial charge is 0.408 e. The molecule has 1 heterocycles. The first-order valence-electron chi connectivity index (χ1n) is 8.45. The Labute approximate surface area is 152 Å². The van der Waals surface area contributed by atoms with Gasteiger partial charge in [0.1, 0.15) is 18.0 Å². The van der Waals surface area contributed by atoms with E-state index in [1.165, 1.54) is 24.3 Å². The van der Waals surface area contributed by atoms with E-state index in [0.717, 1.165) is 0 Å². The molecule has 1 N–H and O–H groups in total. The summed E-state index contributed by atoms with van der Waals surface area (Å²) in [5.74, 6) is -0.817. The van der Waals surface area contributed by atoms with Crippen LogP contribution in [0.5, 0.6) is 0 Å². The number of nitrogens with zero attached hydrogens (tertiary/aromatic N) is 2. The molecule has 0 saturated carbocycles. The average Bonchev–Trinajstić information content (AvgIpc) is 2.58. The summed E-state index contributed by atoms with van der Waals surface area (Å²) < 4.78 is 18.0. The number of hydrogen-bond donors (Lipinski definition) is 1. The highest BCUT2D eigenvalue weighted by Crippen LogP contribution is 2.10. The molecule has 1 aliphatic rings. The van der Waals surface area contributed by atoms with E-state index in [1.807, 2.05) is 0 Å². The maximum atomic E-state index is 12.9. The maximum absolute atomic E-state index is 12.9. The third kappa shape index (κ3) is 5.72. The first-order valence-corrected chi connectivity index (χ1v) is 8.45. The van der Waals surface area contributed by atoms with Crippen molar-refractivity contribution in [3.05, 3.63) is 35.6 Å². The Morgan fingerprint density at radius 2 is 1.58 bits per heavy atom. The summed E-state index contributed by atoms with van der Waals surface area (Å²) in [5.41, 5.74) is -0.211. The van der Waals surface area contributed by atoms with Crippen molar-refractivity contribution >= 4 is 17.9 Å². The van der Waals surface area contributed by atoms with Crippen LogP contribution in [0.1, 0.15) is 31.1 Å². The number of rotatable bonds is 3. The van der Waals surface area contributed by atoms with E-state index in [0.29, 0.717) is 31.7 Å². The molecular formula is C18H24FN3O4. The third-order valence-corrected chi connectivity index (χ3v) is 3.79. The SMILES string of the molecule is CC(C)(C)OC(=O)NCC(=O)N1CCN(C(=O)c2ccc(F)cc2)CC1. The predicted molar refractivity (Wildman–Crippen MR) is 93.1 cm³/mol. The number of piperazine rings is 1. The lowest BCUT2D eigenvalue weighted by Gasteiger charge is -2.35. The molecule has 26 heavy (non-hydrogen) atoms. The van der Waals surface area contributed by atoms with Crippen LogP contribution in [0.15, 0.2) is 24.3 Å². The molecule has 1 fully saturated rings. The van der Waals surface area contributed by atoms with Crippen molar-refractivity contribution in [3.63, 3.8) is 0 Å². The molecule has 142 valence electrons. The fraction of sp³-hybridized carbons (Fsp3) is 0.500. The number of alkyl carbamates (subject to hydrolysis) is 1. The topological polar surface area (TPSA) is 79.0 Å². The molecule has 1 aromatic carbocycles. The van der Waals surface area contributed by atoms with Crippen molar-refractivity contribution in [2.24, 2.45) is 0 Å². The van der Waals surface area contributed by atoms with Gasteiger partial charge in [0.15, 0.2) is 0 Å². The van der Waals surface area contributed by atoms with Crippen LogP contribution in [-0.2, 0) is 9.53 Å². The summed E-state index contributed by atoms with van der Waals surface area (Å²) in [6, 6.07) is 5.38. The highest BCUT2D eigenvalue weighted by molar-refractivity contribution is 5.94. The lowest BCUT2D eigenvalue weighted by molar-refractivity contribution is -0.131. The molecule has 0 spiro atoms. The second kappa shape index (κ2) is 8.16. The van der Waals surface area contributed by atoms with Crippen LogP contribution in [0.4, 0.5) is 9.18 Å². The maximum Gasteiger partial charge on any atom is 0.408 e. The van der Waals surface area contributed by atoms with Crippen LogP contribution in [0.3, 0.4) is 0 Å². The second-order valence-corrected chi connectivity index (χ2v) is 7.04. The molecule has 8 heteroatoms. The Morgan fingerprint density at radius 1 is 1.04 bits per heavy atom. The van der Waals surface area contributed by atoms with E-state index in [-0.39, 0.29) is 18.4 Å². The van der Waals surface area contributed by atoms with Gasteiger partial charge in [0.05, 0.1) is 0 Å². The van der Waals surface area contributed by atoms with Crippen molar-refractivity contribution in [2.45, 2.75) is 26.4 Å². The van der Waals surface area contributed by atoms with Gasteiger partial charge in [-0.05, 0) is 45.0 Å². The number of halogens is 1. The molecule has 0 atom stereocenters. The summed E-state index contributed by atoms with van der Waals surface area (Å²) in [6.45, 7) is 6.59. The van der Waals surface area contributed by atoms with Crippen molar-refractivity contribution in [1.29, 1.82) is 0 Å². The fourth-order valence-electron chi connectivity index (χ4n) is 2.51. The zero-order chi connectivity index (χ0) is 19.3. The minimum atomic E-state index is -0.643. The number of ether oxygens (including phenoxy) is 1. The minimum Gasteiger partial charge on any atom is -0.444 e. The number of carbonyl (C=O) groups excluding carboxylic acids is 3. The second-order valence-electron chi connectivity index (χ2n) is 7.04. The molecule has 1 saturated heterocycles. The largest absolute Gasteiger partial charge is 0.444 e. The van der Waals surface area contributed by atoms with Crippen LogP contribution >= 0.6 is 0 Å². The Balaban J connectivity index is 1.78. The number of nitrogens with one attached hydrogen (secondary N) is 1. The Bertz CT molecular complexity index is 662. The quantitative estimate of drug-likeness (QED) is 0.883. The summed E-state index contributed by atoms with van der Waals surface area (Å²) in [7, 11) is 0. The van der Waals surface area contributed by atoms with Gasteiger partial charge < -0.3 is 19.9 Å². The number of amides is 3. The summed E-state index contributed by atoms with van der Waals surface area (Å²) in [5, 5.41) is 2.43. The van der Waals surface area contributed by atoms with Gasteiger partial charge in [0, 0.05) is 31.7 Å². The summed E-state index contributed by atoms with van der Waals surface area (Å²) >= 11 is 0. The number of carbonyl (C=O) groups is 3. The first-order chi connectivity index (χ1) is 12.2. The minimum absolute atomic E-state index is 0.152. The van der Waals surface area contributed by atoms with Gasteiger partial charge in [-0.3, -0.25) is 9.59 Å². The van der Waals surface area contributed by atoms with E-state index in [9.17, 15) is 18.8 Å². The highest BCUT2D eigenvalue weighted by Gasteiger charge is 2.25. The van der Waals surface area contributed by atoms with Crippen LogP contribution in [0, 0.1) is 5.82 Å². The van der Waals surface area contributed by atoms with Crippen molar-refractivity contribution in [1.82, 2.24) is 15.1 Å². The van der Waals surface area contributed by atoms with Crippen LogP contribution in [0.25, 0.3) is 0 Å². The molecule has 1 aromatic rings. The van der Waals surface area contributed by atoms with Gasteiger partial charge in [-0.25, -0.2) is 9.18 Å². The fourth-order valence-corrected chi connectivity index (χ4v) is 2.51. The van der Waals surface area contributed by atoms with Crippen LogP contribution < -0.4 is 5.32 Å².